The minimum absolute atomic E-state index is 0.0821. The zero-order valence-electron chi connectivity index (χ0n) is 13.4. The molecule has 0 saturated heterocycles. The van der Waals surface area contributed by atoms with Gasteiger partial charge in [0.25, 0.3) is 0 Å². The number of anilines is 3. The van der Waals surface area contributed by atoms with E-state index in [1.165, 1.54) is 18.5 Å². The van der Waals surface area contributed by atoms with Gasteiger partial charge >= 0.3 is 0 Å². The van der Waals surface area contributed by atoms with Crippen LogP contribution in [0.1, 0.15) is 15.9 Å². The average Bonchev–Trinajstić information content (AvgIpc) is 2.61. The highest BCUT2D eigenvalue weighted by Crippen LogP contribution is 2.30. The number of nitrogens with zero attached hydrogens (tertiary/aromatic N) is 2. The summed E-state index contributed by atoms with van der Waals surface area (Å²) in [6, 6.07) is 11.1. The van der Waals surface area contributed by atoms with Gasteiger partial charge in [0.2, 0.25) is 0 Å². The van der Waals surface area contributed by atoms with Gasteiger partial charge in [-0.25, -0.2) is 14.4 Å². The van der Waals surface area contributed by atoms with Gasteiger partial charge in [-0.15, -0.1) is 0 Å². The van der Waals surface area contributed by atoms with E-state index in [0.29, 0.717) is 28.3 Å². The van der Waals surface area contributed by atoms with Crippen molar-refractivity contribution in [2.75, 3.05) is 11.1 Å². The fourth-order valence-electron chi connectivity index (χ4n) is 2.25. The molecule has 0 aliphatic carbocycles. The summed E-state index contributed by atoms with van der Waals surface area (Å²) in [6.45, 7) is 0.183. The van der Waals surface area contributed by atoms with Crippen molar-refractivity contribution in [2.24, 2.45) is 0 Å². The van der Waals surface area contributed by atoms with Gasteiger partial charge in [0.05, 0.1) is 10.6 Å². The molecule has 1 aromatic heterocycles. The fourth-order valence-corrected chi connectivity index (χ4v) is 2.48. The minimum Gasteiger partial charge on any atom is -0.487 e. The largest absolute Gasteiger partial charge is 0.487 e. The molecule has 0 aliphatic rings. The van der Waals surface area contributed by atoms with Crippen molar-refractivity contribution >= 4 is 35.2 Å². The molecule has 0 spiro atoms. The van der Waals surface area contributed by atoms with Gasteiger partial charge in [-0.05, 0) is 35.9 Å². The Morgan fingerprint density at radius 1 is 1.23 bits per heavy atom. The van der Waals surface area contributed by atoms with Crippen molar-refractivity contribution in [3.63, 3.8) is 0 Å². The Kier molecular flexibility index (Phi) is 5.28. The summed E-state index contributed by atoms with van der Waals surface area (Å²) in [5.41, 5.74) is 7.09. The van der Waals surface area contributed by atoms with Crippen LogP contribution >= 0.6 is 11.6 Å². The SMILES string of the molecule is Nc1ncnc(Nc2ccc(OCc3cccc(F)c3)c(Cl)c2)c1C=O. The summed E-state index contributed by atoms with van der Waals surface area (Å²) in [4.78, 5) is 18.9. The number of nitrogens with two attached hydrogens (primary N) is 1. The lowest BCUT2D eigenvalue weighted by Gasteiger charge is -2.12. The quantitative estimate of drug-likeness (QED) is 0.636. The summed E-state index contributed by atoms with van der Waals surface area (Å²) < 4.78 is 18.8. The minimum atomic E-state index is -0.327. The number of rotatable bonds is 6. The number of benzene rings is 2. The van der Waals surface area contributed by atoms with Crippen LogP contribution in [0.15, 0.2) is 48.8 Å². The molecule has 0 saturated carbocycles. The van der Waals surface area contributed by atoms with Crippen LogP contribution in [0, 0.1) is 5.82 Å². The van der Waals surface area contributed by atoms with Crippen LogP contribution in [-0.4, -0.2) is 16.3 Å². The molecule has 0 unspecified atom stereocenters. The molecule has 0 radical (unpaired) electrons. The third kappa shape index (κ3) is 4.07. The second-order valence-electron chi connectivity index (χ2n) is 5.33. The van der Waals surface area contributed by atoms with E-state index < -0.39 is 0 Å². The standard InChI is InChI=1S/C18H14ClFN4O2/c19-15-7-13(24-18-14(8-25)17(21)22-10-23-18)4-5-16(15)26-9-11-2-1-3-12(20)6-11/h1-8,10H,9H2,(H3,21,22,23,24). The lowest BCUT2D eigenvalue weighted by molar-refractivity contribution is 0.112. The first-order valence-electron chi connectivity index (χ1n) is 7.56. The molecule has 3 aromatic rings. The van der Waals surface area contributed by atoms with E-state index in [0.717, 1.165) is 0 Å². The summed E-state index contributed by atoms with van der Waals surface area (Å²) in [5, 5.41) is 3.31. The molecule has 132 valence electrons. The zero-order valence-corrected chi connectivity index (χ0v) is 14.2. The van der Waals surface area contributed by atoms with Gasteiger partial charge in [0, 0.05) is 5.69 Å². The topological polar surface area (TPSA) is 90.1 Å². The number of nitrogen functional groups attached to an aromatic ring is 1. The molecule has 3 rings (SSSR count). The van der Waals surface area contributed by atoms with Gasteiger partial charge in [-0.2, -0.15) is 0 Å². The van der Waals surface area contributed by atoms with Crippen LogP contribution < -0.4 is 15.8 Å². The summed E-state index contributed by atoms with van der Waals surface area (Å²) >= 11 is 6.23. The van der Waals surface area contributed by atoms with E-state index in [1.54, 1.807) is 30.3 Å². The molecule has 26 heavy (non-hydrogen) atoms. The number of carbonyl (C=O) groups excluding carboxylic acids is 1. The van der Waals surface area contributed by atoms with E-state index in [4.69, 9.17) is 22.1 Å². The molecule has 0 bridgehead atoms. The molecular weight excluding hydrogens is 359 g/mol. The first-order chi connectivity index (χ1) is 12.6. The molecule has 0 atom stereocenters. The number of ether oxygens (including phenoxy) is 1. The molecular formula is C18H14ClFN4O2. The van der Waals surface area contributed by atoms with Crippen molar-refractivity contribution in [2.45, 2.75) is 6.61 Å². The summed E-state index contributed by atoms with van der Waals surface area (Å²) in [5.74, 6) is 0.474. The second-order valence-corrected chi connectivity index (χ2v) is 5.74. The van der Waals surface area contributed by atoms with E-state index >= 15 is 0 Å². The van der Waals surface area contributed by atoms with Gasteiger partial charge in [0.15, 0.2) is 6.29 Å². The number of aromatic nitrogens is 2. The fraction of sp³-hybridized carbons (Fsp3) is 0.0556. The van der Waals surface area contributed by atoms with Gasteiger partial charge in [0.1, 0.15) is 36.1 Å². The molecule has 0 aliphatic heterocycles. The molecule has 0 fully saturated rings. The molecule has 6 nitrogen and oxygen atoms in total. The highest BCUT2D eigenvalue weighted by atomic mass is 35.5. The number of aldehydes is 1. The van der Waals surface area contributed by atoms with Gasteiger partial charge in [-0.3, -0.25) is 4.79 Å². The van der Waals surface area contributed by atoms with Crippen molar-refractivity contribution in [3.8, 4) is 5.75 Å². The predicted molar refractivity (Wildman–Crippen MR) is 97.3 cm³/mol. The number of carbonyl (C=O) groups is 1. The van der Waals surface area contributed by atoms with E-state index in [1.807, 2.05) is 0 Å². The number of hydrogen-bond acceptors (Lipinski definition) is 6. The van der Waals surface area contributed by atoms with E-state index in [-0.39, 0.29) is 29.6 Å². The second kappa shape index (κ2) is 7.79. The highest BCUT2D eigenvalue weighted by molar-refractivity contribution is 6.32. The van der Waals surface area contributed by atoms with E-state index in [9.17, 15) is 9.18 Å². The third-order valence-corrected chi connectivity index (χ3v) is 3.81. The maximum atomic E-state index is 13.2. The van der Waals surface area contributed by atoms with Crippen LogP contribution in [-0.2, 0) is 6.61 Å². The molecule has 3 N–H and O–H groups in total. The number of nitrogens with one attached hydrogen (secondary N) is 1. The van der Waals surface area contributed by atoms with Crippen LogP contribution in [0.25, 0.3) is 0 Å². The normalized spacial score (nSPS) is 10.4. The van der Waals surface area contributed by atoms with Gasteiger partial charge < -0.3 is 15.8 Å². The maximum Gasteiger partial charge on any atom is 0.157 e. The highest BCUT2D eigenvalue weighted by Gasteiger charge is 2.10. The Balaban J connectivity index is 1.73. The molecule has 8 heteroatoms. The summed E-state index contributed by atoms with van der Waals surface area (Å²) in [6.07, 6.45) is 1.83. The summed E-state index contributed by atoms with van der Waals surface area (Å²) in [7, 11) is 0. The monoisotopic (exact) mass is 372 g/mol. The maximum absolute atomic E-state index is 13.2. The van der Waals surface area contributed by atoms with Crippen LogP contribution in [0.4, 0.5) is 21.7 Å². The van der Waals surface area contributed by atoms with Crippen LogP contribution in [0.5, 0.6) is 5.75 Å². The van der Waals surface area contributed by atoms with Crippen molar-refractivity contribution in [3.05, 3.63) is 70.8 Å². The van der Waals surface area contributed by atoms with Crippen molar-refractivity contribution < 1.29 is 13.9 Å². The first kappa shape index (κ1) is 17.6. The Labute approximate surface area is 153 Å². The predicted octanol–water partition coefficient (Wildman–Crippen LogP) is 3.99. The Hall–Kier alpha value is -3.19. The van der Waals surface area contributed by atoms with Crippen molar-refractivity contribution in [1.82, 2.24) is 9.97 Å². The lowest BCUT2D eigenvalue weighted by Crippen LogP contribution is -2.04. The van der Waals surface area contributed by atoms with E-state index in [2.05, 4.69) is 15.3 Å². The van der Waals surface area contributed by atoms with Crippen LogP contribution in [0.3, 0.4) is 0 Å². The number of hydrogen-bond donors (Lipinski definition) is 2. The molecule has 1 heterocycles. The van der Waals surface area contributed by atoms with Gasteiger partial charge in [-0.1, -0.05) is 23.7 Å². The van der Waals surface area contributed by atoms with Crippen LogP contribution in [0.2, 0.25) is 5.02 Å². The smallest absolute Gasteiger partial charge is 0.157 e. The third-order valence-electron chi connectivity index (χ3n) is 3.51. The Morgan fingerprint density at radius 3 is 2.81 bits per heavy atom. The van der Waals surface area contributed by atoms with Crippen molar-refractivity contribution in [1.29, 1.82) is 0 Å². The number of halogens is 2. The zero-order chi connectivity index (χ0) is 18.5. The Morgan fingerprint density at radius 2 is 2.08 bits per heavy atom. The molecule has 2 aromatic carbocycles. The first-order valence-corrected chi connectivity index (χ1v) is 7.94. The molecule has 0 amide bonds. The lowest BCUT2D eigenvalue weighted by atomic mass is 10.2. The Bertz CT molecular complexity index is 952. The average molecular weight is 373 g/mol.